The van der Waals surface area contributed by atoms with Gasteiger partial charge in [0.05, 0.1) is 5.02 Å². The average Bonchev–Trinajstić information content (AvgIpc) is 2.76. The van der Waals surface area contributed by atoms with Crippen LogP contribution in [0.5, 0.6) is 0 Å². The zero-order valence-electron chi connectivity index (χ0n) is 10.2. The molecule has 102 valence electrons. The van der Waals surface area contributed by atoms with E-state index in [9.17, 15) is 13.2 Å². The van der Waals surface area contributed by atoms with E-state index >= 15 is 0 Å². The van der Waals surface area contributed by atoms with E-state index in [1.165, 1.54) is 6.20 Å². The summed E-state index contributed by atoms with van der Waals surface area (Å²) in [6, 6.07) is 1.70. The van der Waals surface area contributed by atoms with Gasteiger partial charge in [-0.1, -0.05) is 18.5 Å². The number of nitrogens with zero attached hydrogens (tertiary/aromatic N) is 2. The van der Waals surface area contributed by atoms with Gasteiger partial charge in [0.15, 0.2) is 5.69 Å². The summed E-state index contributed by atoms with van der Waals surface area (Å²) in [7, 11) is 0. The molecule has 0 aliphatic rings. The topological polar surface area (TPSA) is 25.8 Å². The number of halogens is 4. The van der Waals surface area contributed by atoms with Crippen LogP contribution in [0.25, 0.3) is 10.7 Å². The smallest absolute Gasteiger partial charge is 0.252 e. The van der Waals surface area contributed by atoms with E-state index in [1.54, 1.807) is 19.9 Å². The van der Waals surface area contributed by atoms with Crippen LogP contribution in [-0.4, -0.2) is 9.97 Å². The van der Waals surface area contributed by atoms with E-state index in [1.807, 2.05) is 0 Å². The Bertz CT molecular complexity index is 608. The second kappa shape index (κ2) is 5.09. The second-order valence-corrected chi connectivity index (χ2v) is 5.39. The van der Waals surface area contributed by atoms with Crippen molar-refractivity contribution < 1.29 is 13.2 Å². The van der Waals surface area contributed by atoms with Gasteiger partial charge in [-0.2, -0.15) is 13.2 Å². The highest BCUT2D eigenvalue weighted by molar-refractivity contribution is 7.15. The van der Waals surface area contributed by atoms with Gasteiger partial charge in [0.1, 0.15) is 10.7 Å². The first kappa shape index (κ1) is 14.3. The molecular weight excluding hydrogens is 297 g/mol. The highest BCUT2D eigenvalue weighted by atomic mass is 35.5. The molecule has 2 heterocycles. The molecular formula is C12H10ClF3N2S. The van der Waals surface area contributed by atoms with Crippen LogP contribution >= 0.6 is 22.9 Å². The van der Waals surface area contributed by atoms with E-state index in [0.717, 1.165) is 16.9 Å². The molecule has 19 heavy (non-hydrogen) atoms. The van der Waals surface area contributed by atoms with Crippen LogP contribution in [0.1, 0.15) is 23.1 Å². The molecule has 2 rings (SSSR count). The monoisotopic (exact) mass is 306 g/mol. The molecule has 0 atom stereocenters. The fraction of sp³-hybridized carbons (Fsp3) is 0.333. The predicted molar refractivity (Wildman–Crippen MR) is 69.5 cm³/mol. The van der Waals surface area contributed by atoms with E-state index in [0.29, 0.717) is 10.7 Å². The van der Waals surface area contributed by atoms with Gasteiger partial charge >= 0.3 is 6.18 Å². The molecule has 0 aliphatic heterocycles. The van der Waals surface area contributed by atoms with Crippen molar-refractivity contribution in [1.29, 1.82) is 0 Å². The van der Waals surface area contributed by atoms with Gasteiger partial charge in [-0.25, -0.2) is 4.98 Å². The number of thiazole rings is 1. The van der Waals surface area contributed by atoms with Crippen LogP contribution in [0.15, 0.2) is 12.3 Å². The van der Waals surface area contributed by atoms with Crippen LogP contribution in [0, 0.1) is 6.92 Å². The highest BCUT2D eigenvalue weighted by Crippen LogP contribution is 2.39. The molecule has 0 saturated carbocycles. The summed E-state index contributed by atoms with van der Waals surface area (Å²) in [6.07, 6.45) is -2.66. The Morgan fingerprint density at radius 1 is 1.37 bits per heavy atom. The molecule has 0 saturated heterocycles. The zero-order valence-corrected chi connectivity index (χ0v) is 11.7. The summed E-state index contributed by atoms with van der Waals surface area (Å²) in [5, 5.41) is 0.547. The van der Waals surface area contributed by atoms with Crippen LogP contribution in [-0.2, 0) is 12.6 Å². The van der Waals surface area contributed by atoms with Crippen molar-refractivity contribution in [1.82, 2.24) is 9.97 Å². The Labute approximate surface area is 117 Å². The molecule has 0 fully saturated rings. The first-order valence-corrected chi connectivity index (χ1v) is 6.72. The fourth-order valence-electron chi connectivity index (χ4n) is 1.60. The normalized spacial score (nSPS) is 11.9. The van der Waals surface area contributed by atoms with Crippen molar-refractivity contribution in [3.8, 4) is 10.7 Å². The quantitative estimate of drug-likeness (QED) is 0.800. The van der Waals surface area contributed by atoms with E-state index in [2.05, 4.69) is 9.97 Å². The molecule has 0 unspecified atom stereocenters. The van der Waals surface area contributed by atoms with Gasteiger partial charge in [0.2, 0.25) is 0 Å². The van der Waals surface area contributed by atoms with Crippen LogP contribution in [0.2, 0.25) is 5.02 Å². The molecule has 7 heteroatoms. The molecule has 0 radical (unpaired) electrons. The zero-order chi connectivity index (χ0) is 14.2. The third-order valence-electron chi connectivity index (χ3n) is 2.57. The summed E-state index contributed by atoms with van der Waals surface area (Å²) in [6.45, 7) is 3.43. The Hall–Kier alpha value is -1.14. The molecule has 0 aromatic carbocycles. The Kier molecular flexibility index (Phi) is 3.82. The number of hydrogen-bond donors (Lipinski definition) is 0. The minimum Gasteiger partial charge on any atom is -0.252 e. The minimum absolute atomic E-state index is 0.196. The molecule has 0 amide bonds. The van der Waals surface area contributed by atoms with E-state index in [-0.39, 0.29) is 16.3 Å². The Balaban J connectivity index is 2.58. The summed E-state index contributed by atoms with van der Waals surface area (Å²) in [5.41, 5.74) is 0.222. The van der Waals surface area contributed by atoms with Crippen molar-refractivity contribution >= 4 is 22.9 Å². The minimum atomic E-state index is -4.45. The molecule has 2 aromatic heterocycles. The summed E-state index contributed by atoms with van der Waals surface area (Å²) < 4.78 is 38.5. The number of aryl methyl sites for hydroxylation is 2. The fourth-order valence-corrected chi connectivity index (χ4v) is 2.88. The maximum Gasteiger partial charge on any atom is 0.434 e. The van der Waals surface area contributed by atoms with Gasteiger partial charge in [-0.3, -0.25) is 4.98 Å². The van der Waals surface area contributed by atoms with Crippen molar-refractivity contribution in [2.45, 2.75) is 26.4 Å². The lowest BCUT2D eigenvalue weighted by atomic mass is 10.2. The van der Waals surface area contributed by atoms with E-state index in [4.69, 9.17) is 11.6 Å². The molecule has 0 N–H and O–H groups in total. The van der Waals surface area contributed by atoms with Crippen LogP contribution in [0.4, 0.5) is 13.2 Å². The molecule has 2 nitrogen and oxygen atoms in total. The van der Waals surface area contributed by atoms with Crippen molar-refractivity contribution in [2.24, 2.45) is 0 Å². The largest absolute Gasteiger partial charge is 0.434 e. The maximum absolute atomic E-state index is 12.8. The molecule has 0 bridgehead atoms. The van der Waals surface area contributed by atoms with E-state index < -0.39 is 11.9 Å². The average molecular weight is 307 g/mol. The first-order valence-electron chi connectivity index (χ1n) is 5.53. The van der Waals surface area contributed by atoms with Crippen LogP contribution < -0.4 is 0 Å². The predicted octanol–water partition coefficient (Wildman–Crippen LogP) is 4.75. The number of rotatable bonds is 2. The maximum atomic E-state index is 12.8. The Morgan fingerprint density at radius 2 is 2.05 bits per heavy atom. The van der Waals surface area contributed by atoms with Gasteiger partial charge in [0.25, 0.3) is 0 Å². The number of pyridine rings is 1. The third-order valence-corrected chi connectivity index (χ3v) is 4.26. The van der Waals surface area contributed by atoms with Gasteiger partial charge < -0.3 is 0 Å². The molecule has 2 aromatic rings. The van der Waals surface area contributed by atoms with Crippen LogP contribution in [0.3, 0.4) is 0 Å². The second-order valence-electron chi connectivity index (χ2n) is 3.93. The lowest BCUT2D eigenvalue weighted by Crippen LogP contribution is -2.08. The SMILES string of the molecule is CCc1sc(-c2nccc(C)c2Cl)nc1C(F)(F)F. The van der Waals surface area contributed by atoms with Crippen molar-refractivity contribution in [3.63, 3.8) is 0 Å². The highest BCUT2D eigenvalue weighted by Gasteiger charge is 2.37. The van der Waals surface area contributed by atoms with Gasteiger partial charge in [0, 0.05) is 11.1 Å². The summed E-state index contributed by atoms with van der Waals surface area (Å²) in [4.78, 5) is 7.90. The van der Waals surface area contributed by atoms with Crippen molar-refractivity contribution in [2.75, 3.05) is 0 Å². The third kappa shape index (κ3) is 2.74. The summed E-state index contributed by atoms with van der Waals surface area (Å²) in [5.74, 6) is 0. The van der Waals surface area contributed by atoms with Crippen molar-refractivity contribution in [3.05, 3.63) is 33.4 Å². The lowest BCUT2D eigenvalue weighted by Gasteiger charge is -2.04. The van der Waals surface area contributed by atoms with Gasteiger partial charge in [-0.15, -0.1) is 11.3 Å². The Morgan fingerprint density at radius 3 is 2.58 bits per heavy atom. The molecule has 0 spiro atoms. The number of aromatic nitrogens is 2. The summed E-state index contributed by atoms with van der Waals surface area (Å²) >= 11 is 7.05. The first-order chi connectivity index (χ1) is 8.84. The number of hydrogen-bond acceptors (Lipinski definition) is 3. The lowest BCUT2D eigenvalue weighted by molar-refractivity contribution is -0.141. The van der Waals surface area contributed by atoms with Gasteiger partial charge in [-0.05, 0) is 25.0 Å². The number of alkyl halides is 3. The standard InChI is InChI=1S/C12H10ClF3N2S/c1-3-7-10(12(14,15)16)18-11(19-7)9-8(13)6(2)4-5-17-9/h4-5H,3H2,1-2H3. The molecule has 0 aliphatic carbocycles.